The largest absolute Gasteiger partial charge is 0.478 e. The summed E-state index contributed by atoms with van der Waals surface area (Å²) in [6.07, 6.45) is 27.6. The highest BCUT2D eigenvalue weighted by Gasteiger charge is 2.05. The summed E-state index contributed by atoms with van der Waals surface area (Å²) in [6, 6.07) is 9.98. The molecule has 0 aromatic heterocycles. The highest BCUT2D eigenvalue weighted by atomic mass is 16.4. The molecule has 0 unspecified atom stereocenters. The van der Waals surface area contributed by atoms with Gasteiger partial charge in [0, 0.05) is 5.57 Å². The van der Waals surface area contributed by atoms with Gasteiger partial charge in [0.15, 0.2) is 0 Å². The van der Waals surface area contributed by atoms with E-state index < -0.39 is 5.97 Å². The number of benzene rings is 1. The highest BCUT2D eigenvalue weighted by molar-refractivity contribution is 5.87. The average molecular weight is 427 g/mol. The van der Waals surface area contributed by atoms with E-state index in [1.54, 1.807) is 6.08 Å². The molecule has 0 atom stereocenters. The van der Waals surface area contributed by atoms with Crippen molar-refractivity contribution in [1.82, 2.24) is 0 Å². The van der Waals surface area contributed by atoms with Gasteiger partial charge in [0.1, 0.15) is 0 Å². The van der Waals surface area contributed by atoms with Gasteiger partial charge in [-0.3, -0.25) is 0 Å². The number of carboxylic acids is 1. The first-order valence-electron chi connectivity index (χ1n) is 12.9. The first-order chi connectivity index (χ1) is 15.2. The number of rotatable bonds is 20. The number of unbranched alkanes of at least 4 members (excludes halogenated alkanes) is 15. The van der Waals surface area contributed by atoms with E-state index in [1.807, 2.05) is 42.5 Å². The molecule has 0 amide bonds. The fourth-order valence-electron chi connectivity index (χ4n) is 3.96. The molecule has 2 nitrogen and oxygen atoms in total. The summed E-state index contributed by atoms with van der Waals surface area (Å²) in [5, 5.41) is 9.39. The Labute approximate surface area is 191 Å². The van der Waals surface area contributed by atoms with Crippen LogP contribution >= 0.6 is 0 Å². The topological polar surface area (TPSA) is 37.3 Å². The lowest BCUT2D eigenvalue weighted by Gasteiger charge is -2.04. The molecule has 1 aromatic carbocycles. The van der Waals surface area contributed by atoms with Gasteiger partial charge < -0.3 is 5.11 Å². The third kappa shape index (κ3) is 16.5. The minimum Gasteiger partial charge on any atom is -0.478 e. The zero-order valence-corrected chi connectivity index (χ0v) is 20.0. The zero-order valence-electron chi connectivity index (χ0n) is 20.0. The molecule has 0 aliphatic rings. The quantitative estimate of drug-likeness (QED) is 0.128. The van der Waals surface area contributed by atoms with Gasteiger partial charge in [0.05, 0.1) is 0 Å². The molecule has 0 bridgehead atoms. The summed E-state index contributed by atoms with van der Waals surface area (Å²) in [6.45, 7) is 2.28. The number of aliphatic carboxylic acids is 1. The van der Waals surface area contributed by atoms with Crippen molar-refractivity contribution in [3.05, 3.63) is 53.6 Å². The lowest BCUT2D eigenvalue weighted by atomic mass is 10.0. The van der Waals surface area contributed by atoms with E-state index in [9.17, 15) is 9.90 Å². The Morgan fingerprint density at radius 3 is 1.61 bits per heavy atom. The third-order valence-corrected chi connectivity index (χ3v) is 5.96. The van der Waals surface area contributed by atoms with Gasteiger partial charge in [0.25, 0.3) is 0 Å². The van der Waals surface area contributed by atoms with Crippen LogP contribution in [-0.4, -0.2) is 11.1 Å². The number of carbonyl (C=O) groups is 1. The Morgan fingerprint density at radius 1 is 0.710 bits per heavy atom. The summed E-state index contributed by atoms with van der Waals surface area (Å²) >= 11 is 0. The summed E-state index contributed by atoms with van der Waals surface area (Å²) in [5.74, 6) is -0.793. The monoisotopic (exact) mass is 426 g/mol. The maximum Gasteiger partial charge on any atom is 0.331 e. The third-order valence-electron chi connectivity index (χ3n) is 5.96. The van der Waals surface area contributed by atoms with Crippen LogP contribution in [-0.2, 0) is 4.79 Å². The Hall–Kier alpha value is -1.83. The van der Waals surface area contributed by atoms with E-state index >= 15 is 0 Å². The summed E-state index contributed by atoms with van der Waals surface area (Å²) in [4.78, 5) is 11.4. The maximum absolute atomic E-state index is 11.4. The molecule has 1 rings (SSSR count). The molecule has 1 aromatic rings. The van der Waals surface area contributed by atoms with Gasteiger partial charge in [-0.15, -0.1) is 0 Å². The van der Waals surface area contributed by atoms with Crippen molar-refractivity contribution in [2.75, 3.05) is 0 Å². The van der Waals surface area contributed by atoms with Gasteiger partial charge in [-0.1, -0.05) is 152 Å². The molecule has 0 radical (unpaired) electrons. The number of hydrogen-bond donors (Lipinski definition) is 1. The van der Waals surface area contributed by atoms with Crippen LogP contribution in [0.2, 0.25) is 0 Å². The van der Waals surface area contributed by atoms with Crippen LogP contribution in [0.3, 0.4) is 0 Å². The van der Waals surface area contributed by atoms with E-state index in [-0.39, 0.29) is 0 Å². The van der Waals surface area contributed by atoms with Crippen molar-refractivity contribution in [2.45, 2.75) is 116 Å². The second-order valence-corrected chi connectivity index (χ2v) is 8.82. The fourth-order valence-corrected chi connectivity index (χ4v) is 3.96. The Kier molecular flexibility index (Phi) is 17.6. The first kappa shape index (κ1) is 27.2. The van der Waals surface area contributed by atoms with Gasteiger partial charge in [0.2, 0.25) is 0 Å². The van der Waals surface area contributed by atoms with Crippen molar-refractivity contribution >= 4 is 12.0 Å². The predicted octanol–water partition coefficient (Wildman–Crippen LogP) is 9.36. The fraction of sp³-hybridized carbons (Fsp3) is 0.621. The number of hydrogen-bond acceptors (Lipinski definition) is 1. The van der Waals surface area contributed by atoms with E-state index in [1.165, 1.54) is 89.9 Å². The van der Waals surface area contributed by atoms with E-state index in [2.05, 4.69) is 6.92 Å². The highest BCUT2D eigenvalue weighted by Crippen LogP contribution is 2.15. The molecule has 2 heteroatoms. The molecule has 0 aliphatic carbocycles. The van der Waals surface area contributed by atoms with E-state index in [0.717, 1.165) is 18.4 Å². The van der Waals surface area contributed by atoms with E-state index in [0.29, 0.717) is 12.0 Å². The van der Waals surface area contributed by atoms with Crippen molar-refractivity contribution in [1.29, 1.82) is 0 Å². The molecule has 0 saturated heterocycles. The Bertz CT molecular complexity index is 600. The molecule has 174 valence electrons. The van der Waals surface area contributed by atoms with Gasteiger partial charge in [-0.05, 0) is 18.4 Å². The SMILES string of the molecule is CCCCCCCCCCCCCCCCCCC(=CC=Cc1ccccc1)C(=O)O. The second kappa shape index (κ2) is 20.1. The second-order valence-electron chi connectivity index (χ2n) is 8.82. The zero-order chi connectivity index (χ0) is 22.4. The number of carboxylic acid groups (broad SMARTS) is 1. The normalized spacial score (nSPS) is 12.0. The smallest absolute Gasteiger partial charge is 0.331 e. The lowest BCUT2D eigenvalue weighted by Crippen LogP contribution is -2.00. The molecule has 0 heterocycles. The van der Waals surface area contributed by atoms with Crippen LogP contribution in [0.25, 0.3) is 6.08 Å². The van der Waals surface area contributed by atoms with Crippen molar-refractivity contribution < 1.29 is 9.90 Å². The molecule has 0 fully saturated rings. The maximum atomic E-state index is 11.4. The average Bonchev–Trinajstić information content (AvgIpc) is 2.78. The predicted molar refractivity (Wildman–Crippen MR) is 135 cm³/mol. The molecule has 0 spiro atoms. The molecular weight excluding hydrogens is 380 g/mol. The van der Waals surface area contributed by atoms with Crippen LogP contribution < -0.4 is 0 Å². The Morgan fingerprint density at radius 2 is 1.16 bits per heavy atom. The Balaban J connectivity index is 1.96. The summed E-state index contributed by atoms with van der Waals surface area (Å²) in [7, 11) is 0. The van der Waals surface area contributed by atoms with Gasteiger partial charge in [-0.2, -0.15) is 0 Å². The van der Waals surface area contributed by atoms with Crippen LogP contribution in [0.1, 0.15) is 122 Å². The standard InChI is InChI=1S/C29H46O2/c1-2-3-4-5-6-7-8-9-10-11-12-13-14-15-16-20-25-28(29(30)31)26-21-24-27-22-18-17-19-23-27/h17-19,21-24,26H,2-16,20,25H2,1H3,(H,30,31). The molecule has 1 N–H and O–H groups in total. The van der Waals surface area contributed by atoms with Crippen LogP contribution in [0.4, 0.5) is 0 Å². The molecular formula is C29H46O2. The molecule has 0 saturated carbocycles. The minimum atomic E-state index is -0.793. The van der Waals surface area contributed by atoms with Crippen LogP contribution in [0, 0.1) is 0 Å². The minimum absolute atomic E-state index is 0.512. The van der Waals surface area contributed by atoms with Crippen molar-refractivity contribution in [3.63, 3.8) is 0 Å². The molecule has 0 aliphatic heterocycles. The lowest BCUT2D eigenvalue weighted by molar-refractivity contribution is -0.132. The van der Waals surface area contributed by atoms with Crippen LogP contribution in [0.5, 0.6) is 0 Å². The summed E-state index contributed by atoms with van der Waals surface area (Å²) in [5.41, 5.74) is 1.60. The van der Waals surface area contributed by atoms with Gasteiger partial charge >= 0.3 is 5.97 Å². The molecule has 31 heavy (non-hydrogen) atoms. The number of allylic oxidation sites excluding steroid dienone is 2. The van der Waals surface area contributed by atoms with Crippen molar-refractivity contribution in [3.8, 4) is 0 Å². The first-order valence-corrected chi connectivity index (χ1v) is 12.9. The summed E-state index contributed by atoms with van der Waals surface area (Å²) < 4.78 is 0. The van der Waals surface area contributed by atoms with Crippen molar-refractivity contribution in [2.24, 2.45) is 0 Å². The van der Waals surface area contributed by atoms with Gasteiger partial charge in [-0.25, -0.2) is 4.79 Å². The van der Waals surface area contributed by atoms with Crippen LogP contribution in [0.15, 0.2) is 48.1 Å². The van der Waals surface area contributed by atoms with E-state index in [4.69, 9.17) is 0 Å².